The summed E-state index contributed by atoms with van der Waals surface area (Å²) in [5.74, 6) is 0. The second kappa shape index (κ2) is 4.25. The molecule has 3 heteroatoms. The van der Waals surface area contributed by atoms with Crippen molar-refractivity contribution in [3.05, 3.63) is 0 Å². The topological polar surface area (TPSA) is 18.5 Å². The van der Waals surface area contributed by atoms with E-state index in [0.29, 0.717) is 6.10 Å². The molecule has 9 heavy (non-hydrogen) atoms. The van der Waals surface area contributed by atoms with E-state index in [0.717, 1.165) is 31.2 Å². The summed E-state index contributed by atoms with van der Waals surface area (Å²) < 4.78 is 0. The van der Waals surface area contributed by atoms with E-state index in [1.807, 2.05) is 0 Å². The van der Waals surface area contributed by atoms with Gasteiger partial charge in [0.05, 0.1) is 12.7 Å². The Kier molecular flexibility index (Phi) is 3.55. The van der Waals surface area contributed by atoms with Crippen LogP contribution in [0.1, 0.15) is 19.3 Å². The summed E-state index contributed by atoms with van der Waals surface area (Å²) in [6, 6.07) is 0. The van der Waals surface area contributed by atoms with E-state index in [4.69, 9.17) is 9.78 Å². The quantitative estimate of drug-likeness (QED) is 0.494. The first-order valence-corrected chi connectivity index (χ1v) is 4.40. The van der Waals surface area contributed by atoms with Crippen LogP contribution in [0.5, 0.6) is 0 Å². The van der Waals surface area contributed by atoms with Gasteiger partial charge in [0, 0.05) is 5.33 Å². The second-order valence-electron chi connectivity index (χ2n) is 2.16. The summed E-state index contributed by atoms with van der Waals surface area (Å²) >= 11 is 3.35. The molecule has 0 radical (unpaired) electrons. The first-order chi connectivity index (χ1) is 4.43. The van der Waals surface area contributed by atoms with E-state index >= 15 is 0 Å². The highest BCUT2D eigenvalue weighted by molar-refractivity contribution is 9.09. The summed E-state index contributed by atoms with van der Waals surface area (Å²) in [5.41, 5.74) is 0. The first kappa shape index (κ1) is 7.51. The predicted octanol–water partition coefficient (Wildman–Crippen LogP) is 1.88. The summed E-state index contributed by atoms with van der Waals surface area (Å²) in [6.45, 7) is 0.763. The standard InChI is InChI=1S/C6H11BrO2/c7-4-3-6-2-1-5-8-9-6/h6H,1-5H2. The van der Waals surface area contributed by atoms with Gasteiger partial charge in [0.25, 0.3) is 0 Å². The van der Waals surface area contributed by atoms with Gasteiger partial charge in [0.1, 0.15) is 0 Å². The van der Waals surface area contributed by atoms with Crippen molar-refractivity contribution in [1.82, 2.24) is 0 Å². The maximum absolute atomic E-state index is 4.99. The molecular formula is C6H11BrO2. The zero-order valence-electron chi connectivity index (χ0n) is 5.31. The second-order valence-corrected chi connectivity index (χ2v) is 2.95. The lowest BCUT2D eigenvalue weighted by Crippen LogP contribution is -2.20. The Balaban J connectivity index is 2.08. The highest BCUT2D eigenvalue weighted by atomic mass is 79.9. The molecule has 0 N–H and O–H groups in total. The lowest BCUT2D eigenvalue weighted by atomic mass is 10.1. The minimum Gasteiger partial charge on any atom is -0.236 e. The van der Waals surface area contributed by atoms with Crippen LogP contribution in [0.3, 0.4) is 0 Å². The van der Waals surface area contributed by atoms with Gasteiger partial charge in [-0.25, -0.2) is 9.78 Å². The van der Waals surface area contributed by atoms with Crippen LogP contribution in [0, 0.1) is 0 Å². The Morgan fingerprint density at radius 3 is 3.00 bits per heavy atom. The molecule has 54 valence electrons. The molecule has 0 aromatic heterocycles. The van der Waals surface area contributed by atoms with E-state index in [1.54, 1.807) is 0 Å². The maximum Gasteiger partial charge on any atom is 0.0938 e. The third kappa shape index (κ3) is 2.65. The zero-order valence-corrected chi connectivity index (χ0v) is 6.89. The molecule has 0 aliphatic carbocycles. The molecule has 1 aliphatic rings. The molecule has 1 unspecified atom stereocenters. The van der Waals surface area contributed by atoms with Crippen molar-refractivity contribution < 1.29 is 9.78 Å². The third-order valence-corrected chi connectivity index (χ3v) is 1.85. The van der Waals surface area contributed by atoms with Crippen molar-refractivity contribution in [3.8, 4) is 0 Å². The Morgan fingerprint density at radius 1 is 1.56 bits per heavy atom. The lowest BCUT2D eigenvalue weighted by Gasteiger charge is -2.19. The number of rotatable bonds is 2. The number of alkyl halides is 1. The van der Waals surface area contributed by atoms with Crippen molar-refractivity contribution in [3.63, 3.8) is 0 Å². The fourth-order valence-electron chi connectivity index (χ4n) is 0.877. The molecule has 1 aliphatic heterocycles. The zero-order chi connectivity index (χ0) is 6.53. The van der Waals surface area contributed by atoms with Gasteiger partial charge in [0.15, 0.2) is 0 Å². The van der Waals surface area contributed by atoms with Crippen LogP contribution in [0.2, 0.25) is 0 Å². The largest absolute Gasteiger partial charge is 0.236 e. The molecular weight excluding hydrogens is 184 g/mol. The van der Waals surface area contributed by atoms with Gasteiger partial charge >= 0.3 is 0 Å². The Morgan fingerprint density at radius 2 is 2.44 bits per heavy atom. The monoisotopic (exact) mass is 194 g/mol. The molecule has 1 fully saturated rings. The molecule has 0 bridgehead atoms. The molecule has 1 rings (SSSR count). The summed E-state index contributed by atoms with van der Waals surface area (Å²) in [4.78, 5) is 9.80. The highest BCUT2D eigenvalue weighted by Crippen LogP contribution is 2.13. The van der Waals surface area contributed by atoms with Crippen molar-refractivity contribution in [1.29, 1.82) is 0 Å². The lowest BCUT2D eigenvalue weighted by molar-refractivity contribution is -0.344. The molecule has 0 aromatic rings. The first-order valence-electron chi connectivity index (χ1n) is 3.27. The van der Waals surface area contributed by atoms with Gasteiger partial charge < -0.3 is 0 Å². The smallest absolute Gasteiger partial charge is 0.0938 e. The molecule has 0 saturated carbocycles. The molecule has 0 aromatic carbocycles. The minimum atomic E-state index is 0.332. The van der Waals surface area contributed by atoms with Crippen LogP contribution in [0.4, 0.5) is 0 Å². The molecule has 1 saturated heterocycles. The van der Waals surface area contributed by atoms with E-state index in [-0.39, 0.29) is 0 Å². The van der Waals surface area contributed by atoms with Crippen molar-refractivity contribution in [2.75, 3.05) is 11.9 Å². The van der Waals surface area contributed by atoms with Gasteiger partial charge in [-0.3, -0.25) is 0 Å². The van der Waals surface area contributed by atoms with E-state index in [2.05, 4.69) is 15.9 Å². The third-order valence-electron chi connectivity index (χ3n) is 1.39. The van der Waals surface area contributed by atoms with Crippen LogP contribution in [-0.2, 0) is 9.78 Å². The number of halogens is 1. The van der Waals surface area contributed by atoms with Gasteiger partial charge in [-0.2, -0.15) is 0 Å². The van der Waals surface area contributed by atoms with Gasteiger partial charge in [-0.1, -0.05) is 15.9 Å². The normalized spacial score (nSPS) is 28.3. The Hall–Kier alpha value is 0.400. The number of hydrogen-bond donors (Lipinski definition) is 0. The van der Waals surface area contributed by atoms with Crippen LogP contribution < -0.4 is 0 Å². The van der Waals surface area contributed by atoms with Crippen molar-refractivity contribution in [2.45, 2.75) is 25.4 Å². The van der Waals surface area contributed by atoms with Crippen molar-refractivity contribution >= 4 is 15.9 Å². The summed E-state index contributed by atoms with van der Waals surface area (Å²) in [6.07, 6.45) is 3.67. The average Bonchev–Trinajstić information content (AvgIpc) is 1.91. The van der Waals surface area contributed by atoms with Crippen molar-refractivity contribution in [2.24, 2.45) is 0 Å². The molecule has 0 spiro atoms. The summed E-state index contributed by atoms with van der Waals surface area (Å²) in [7, 11) is 0. The minimum absolute atomic E-state index is 0.332. The summed E-state index contributed by atoms with van der Waals surface area (Å²) in [5, 5.41) is 1.00. The average molecular weight is 195 g/mol. The maximum atomic E-state index is 4.99. The molecule has 2 nitrogen and oxygen atoms in total. The number of hydrogen-bond acceptors (Lipinski definition) is 2. The highest BCUT2D eigenvalue weighted by Gasteiger charge is 2.13. The SMILES string of the molecule is BrCCC1CCCOO1. The van der Waals surface area contributed by atoms with E-state index in [1.165, 1.54) is 0 Å². The van der Waals surface area contributed by atoms with Gasteiger partial charge in [0.2, 0.25) is 0 Å². The van der Waals surface area contributed by atoms with Crippen LogP contribution >= 0.6 is 15.9 Å². The van der Waals surface area contributed by atoms with Gasteiger partial charge in [-0.15, -0.1) is 0 Å². The van der Waals surface area contributed by atoms with E-state index < -0.39 is 0 Å². The fourth-order valence-corrected chi connectivity index (χ4v) is 1.39. The van der Waals surface area contributed by atoms with Crippen LogP contribution in [0.15, 0.2) is 0 Å². The Bertz CT molecular complexity index is 68.7. The van der Waals surface area contributed by atoms with Crippen LogP contribution in [-0.4, -0.2) is 18.0 Å². The van der Waals surface area contributed by atoms with Crippen LogP contribution in [0.25, 0.3) is 0 Å². The fraction of sp³-hybridized carbons (Fsp3) is 1.00. The van der Waals surface area contributed by atoms with Gasteiger partial charge in [-0.05, 0) is 19.3 Å². The molecule has 1 atom stereocenters. The molecule has 0 amide bonds. The predicted molar refractivity (Wildman–Crippen MR) is 38.5 cm³/mol. The molecule has 1 heterocycles. The van der Waals surface area contributed by atoms with E-state index in [9.17, 15) is 0 Å². The Labute approximate surface area is 63.6 Å².